The van der Waals surface area contributed by atoms with Gasteiger partial charge in [-0.05, 0) is 22.3 Å². The van der Waals surface area contributed by atoms with Gasteiger partial charge in [0.2, 0.25) is 0 Å². The molecule has 4 nitrogen and oxygen atoms in total. The van der Waals surface area contributed by atoms with Crippen molar-refractivity contribution >= 4 is 16.9 Å². The molecule has 1 aliphatic carbocycles. The Balaban J connectivity index is 1.21. The number of carbonyl (C=O) groups excluding carboxylic acids is 1. The molecular weight excluding hydrogens is 384 g/mol. The van der Waals surface area contributed by atoms with E-state index in [1.165, 1.54) is 22.3 Å². The number of hydrogen-bond acceptors (Lipinski definition) is 3. The van der Waals surface area contributed by atoms with Crippen LogP contribution in [0, 0.1) is 11.8 Å². The summed E-state index contributed by atoms with van der Waals surface area (Å²) in [6, 6.07) is 24.5. The number of nitrogens with zero attached hydrogens (tertiary/aromatic N) is 1. The molecule has 0 fully saturated rings. The van der Waals surface area contributed by atoms with Gasteiger partial charge >= 0.3 is 6.09 Å². The van der Waals surface area contributed by atoms with Crippen LogP contribution in [0.15, 0.2) is 85.2 Å². The summed E-state index contributed by atoms with van der Waals surface area (Å²) in [6.07, 6.45) is 3.09. The van der Waals surface area contributed by atoms with Crippen molar-refractivity contribution in [3.05, 3.63) is 102 Å². The lowest BCUT2D eigenvalue weighted by molar-refractivity contribution is 0.144. The third-order valence-corrected chi connectivity index (χ3v) is 5.56. The van der Waals surface area contributed by atoms with Crippen molar-refractivity contribution in [1.82, 2.24) is 10.3 Å². The van der Waals surface area contributed by atoms with Gasteiger partial charge in [-0.3, -0.25) is 4.98 Å². The van der Waals surface area contributed by atoms with E-state index >= 15 is 0 Å². The van der Waals surface area contributed by atoms with Crippen molar-refractivity contribution in [3.8, 4) is 23.0 Å². The van der Waals surface area contributed by atoms with Crippen LogP contribution < -0.4 is 5.32 Å². The third-order valence-electron chi connectivity index (χ3n) is 5.56. The van der Waals surface area contributed by atoms with E-state index in [0.717, 1.165) is 16.3 Å². The average Bonchev–Trinajstić information content (AvgIpc) is 3.14. The van der Waals surface area contributed by atoms with E-state index in [2.05, 4.69) is 46.4 Å². The summed E-state index contributed by atoms with van der Waals surface area (Å²) >= 11 is 0. The second kappa shape index (κ2) is 8.33. The molecule has 0 atom stereocenters. The van der Waals surface area contributed by atoms with E-state index in [0.29, 0.717) is 6.61 Å². The first-order valence-electron chi connectivity index (χ1n) is 10.2. The number of benzene rings is 3. The number of carbonyl (C=O) groups is 1. The Hall–Kier alpha value is -4.10. The summed E-state index contributed by atoms with van der Waals surface area (Å²) in [5, 5.41) is 4.81. The number of ether oxygens (including phenoxy) is 1. The molecule has 31 heavy (non-hydrogen) atoms. The first-order valence-corrected chi connectivity index (χ1v) is 10.2. The summed E-state index contributed by atoms with van der Waals surface area (Å²) in [7, 11) is 0. The minimum Gasteiger partial charge on any atom is -0.449 e. The lowest BCUT2D eigenvalue weighted by Crippen LogP contribution is -2.26. The Labute approximate surface area is 180 Å². The minimum atomic E-state index is -0.466. The molecule has 0 aliphatic heterocycles. The van der Waals surface area contributed by atoms with Crippen molar-refractivity contribution in [2.75, 3.05) is 13.2 Å². The van der Waals surface area contributed by atoms with E-state index in [9.17, 15) is 4.79 Å². The maximum atomic E-state index is 12.2. The van der Waals surface area contributed by atoms with Crippen molar-refractivity contribution in [2.45, 2.75) is 5.92 Å². The maximum Gasteiger partial charge on any atom is 0.407 e. The number of rotatable bonds is 3. The smallest absolute Gasteiger partial charge is 0.407 e. The van der Waals surface area contributed by atoms with Crippen LogP contribution in [0.25, 0.3) is 21.9 Å². The van der Waals surface area contributed by atoms with Gasteiger partial charge < -0.3 is 10.1 Å². The van der Waals surface area contributed by atoms with E-state index < -0.39 is 6.09 Å². The fourth-order valence-corrected chi connectivity index (χ4v) is 4.12. The number of amides is 1. The fourth-order valence-electron chi connectivity index (χ4n) is 4.12. The lowest BCUT2D eigenvalue weighted by atomic mass is 9.98. The molecule has 0 saturated heterocycles. The number of pyridine rings is 1. The Morgan fingerprint density at radius 3 is 2.35 bits per heavy atom. The summed E-state index contributed by atoms with van der Waals surface area (Å²) in [5.74, 6) is 6.11. The van der Waals surface area contributed by atoms with Gasteiger partial charge in [0, 0.05) is 29.1 Å². The van der Waals surface area contributed by atoms with Gasteiger partial charge in [0.25, 0.3) is 0 Å². The van der Waals surface area contributed by atoms with Gasteiger partial charge in [-0.25, -0.2) is 4.79 Å². The molecule has 4 aromatic rings. The first kappa shape index (κ1) is 18.9. The SMILES string of the molecule is O=C(NCC#Cc1cncc2ccccc12)OCC1c2ccccc2-c2ccccc21. The number of hydrogen-bond donors (Lipinski definition) is 1. The summed E-state index contributed by atoms with van der Waals surface area (Å²) < 4.78 is 5.53. The standard InChI is InChI=1S/C27H20N2O2/c30-27(29-15-7-9-20-17-28-16-19-8-1-2-10-21(19)20)31-18-26-24-13-5-3-11-22(24)23-12-4-6-14-25(23)26/h1-6,8,10-14,16-17,26H,15,18H2,(H,29,30). The topological polar surface area (TPSA) is 51.2 Å². The Morgan fingerprint density at radius 2 is 1.58 bits per heavy atom. The molecule has 1 N–H and O–H groups in total. The van der Waals surface area contributed by atoms with E-state index in [-0.39, 0.29) is 12.5 Å². The van der Waals surface area contributed by atoms with Crippen LogP contribution in [0.2, 0.25) is 0 Å². The van der Waals surface area contributed by atoms with E-state index in [1.54, 1.807) is 6.20 Å². The van der Waals surface area contributed by atoms with Crippen LogP contribution in [0.1, 0.15) is 22.6 Å². The van der Waals surface area contributed by atoms with Crippen LogP contribution in [0.5, 0.6) is 0 Å². The highest BCUT2D eigenvalue weighted by atomic mass is 16.5. The Morgan fingerprint density at radius 1 is 0.903 bits per heavy atom. The highest BCUT2D eigenvalue weighted by Crippen LogP contribution is 2.44. The molecule has 1 heterocycles. The summed E-state index contributed by atoms with van der Waals surface area (Å²) in [5.41, 5.74) is 5.65. The van der Waals surface area contributed by atoms with Crippen LogP contribution in [0.4, 0.5) is 4.79 Å². The molecule has 1 aromatic heterocycles. The van der Waals surface area contributed by atoms with E-state index in [1.807, 2.05) is 54.7 Å². The predicted octanol–water partition coefficient (Wildman–Crippen LogP) is 5.13. The molecule has 1 amide bonds. The second-order valence-corrected chi connectivity index (χ2v) is 7.39. The zero-order chi connectivity index (χ0) is 21.0. The van der Waals surface area contributed by atoms with Crippen LogP contribution >= 0.6 is 0 Å². The normalized spacial score (nSPS) is 11.9. The molecule has 4 heteroatoms. The third kappa shape index (κ3) is 3.74. The molecule has 0 radical (unpaired) electrons. The number of fused-ring (bicyclic) bond motifs is 4. The second-order valence-electron chi connectivity index (χ2n) is 7.39. The highest BCUT2D eigenvalue weighted by molar-refractivity contribution is 5.87. The van der Waals surface area contributed by atoms with Crippen LogP contribution in [0.3, 0.4) is 0 Å². The largest absolute Gasteiger partial charge is 0.449 e. The quantitative estimate of drug-likeness (QED) is 0.482. The van der Waals surface area contributed by atoms with Crippen molar-refractivity contribution in [2.24, 2.45) is 0 Å². The molecule has 0 spiro atoms. The molecule has 150 valence electrons. The maximum absolute atomic E-state index is 12.2. The number of alkyl carbamates (subject to hydrolysis) is 1. The average molecular weight is 404 g/mol. The number of aromatic nitrogens is 1. The summed E-state index contributed by atoms with van der Waals surface area (Å²) in [4.78, 5) is 16.5. The molecule has 3 aromatic carbocycles. The van der Waals surface area contributed by atoms with Gasteiger partial charge in [-0.15, -0.1) is 0 Å². The molecule has 0 saturated carbocycles. The van der Waals surface area contributed by atoms with Crippen molar-refractivity contribution in [3.63, 3.8) is 0 Å². The predicted molar refractivity (Wildman–Crippen MR) is 122 cm³/mol. The van der Waals surface area contributed by atoms with Crippen LogP contribution in [-0.4, -0.2) is 24.2 Å². The van der Waals surface area contributed by atoms with Gasteiger partial charge in [0.05, 0.1) is 12.1 Å². The zero-order valence-electron chi connectivity index (χ0n) is 16.8. The molecule has 5 rings (SSSR count). The van der Waals surface area contributed by atoms with Crippen LogP contribution in [-0.2, 0) is 4.74 Å². The van der Waals surface area contributed by atoms with Gasteiger partial charge in [0.1, 0.15) is 6.61 Å². The lowest BCUT2D eigenvalue weighted by Gasteiger charge is -2.14. The fraction of sp³-hybridized carbons (Fsp3) is 0.111. The zero-order valence-corrected chi connectivity index (χ0v) is 16.8. The molecular formula is C27H20N2O2. The number of nitrogens with one attached hydrogen (secondary N) is 1. The Bertz CT molecular complexity index is 1280. The van der Waals surface area contributed by atoms with Crippen molar-refractivity contribution < 1.29 is 9.53 Å². The molecule has 0 bridgehead atoms. The Kier molecular flexibility index (Phi) is 5.08. The first-order chi connectivity index (χ1) is 15.3. The van der Waals surface area contributed by atoms with E-state index in [4.69, 9.17) is 4.74 Å². The summed E-state index contributed by atoms with van der Waals surface area (Å²) in [6.45, 7) is 0.500. The van der Waals surface area contributed by atoms with Gasteiger partial charge in [-0.2, -0.15) is 0 Å². The molecule has 1 aliphatic rings. The monoisotopic (exact) mass is 404 g/mol. The highest BCUT2D eigenvalue weighted by Gasteiger charge is 2.28. The van der Waals surface area contributed by atoms with Crippen molar-refractivity contribution in [1.29, 1.82) is 0 Å². The minimum absolute atomic E-state index is 0.0472. The van der Waals surface area contributed by atoms with Gasteiger partial charge in [-0.1, -0.05) is 84.6 Å². The molecule has 0 unspecified atom stereocenters. The van der Waals surface area contributed by atoms with Gasteiger partial charge in [0.15, 0.2) is 0 Å².